The smallest absolute Gasteiger partial charge is 0.449 e. The fraction of sp³-hybridized carbons (Fsp3) is 0.0714. The number of hydrogen-bond donors (Lipinski definition) is 2. The molecule has 0 aliphatic heterocycles. The summed E-state index contributed by atoms with van der Waals surface area (Å²) in [6.45, 7) is 0. The van der Waals surface area contributed by atoms with Crippen molar-refractivity contribution in [3.63, 3.8) is 0 Å². The van der Waals surface area contributed by atoms with Crippen LogP contribution in [0.25, 0.3) is 10.9 Å². The average molecular weight is 302 g/mol. The number of rotatable bonds is 3. The minimum atomic E-state index is -1.40. The van der Waals surface area contributed by atoms with Gasteiger partial charge in [-0.25, -0.2) is 9.78 Å². The van der Waals surface area contributed by atoms with Crippen LogP contribution in [0, 0.1) is 0 Å². The Balaban J connectivity index is 2.03. The van der Waals surface area contributed by atoms with Crippen molar-refractivity contribution in [2.75, 3.05) is 0 Å². The molecule has 0 aliphatic rings. The first kappa shape index (κ1) is 13.3. The summed E-state index contributed by atoms with van der Waals surface area (Å²) in [5.74, 6) is 0.664. The molecule has 0 fully saturated rings. The fourth-order valence-electron chi connectivity index (χ4n) is 1.99. The minimum absolute atomic E-state index is 0.134. The first-order valence-electron chi connectivity index (χ1n) is 6.08. The Morgan fingerprint density at radius 3 is 2.95 bits per heavy atom. The number of fused-ring (bicyclic) bond motifs is 1. The van der Waals surface area contributed by atoms with Crippen molar-refractivity contribution >= 4 is 28.4 Å². The minimum Gasteiger partial charge on any atom is -0.449 e. The van der Waals surface area contributed by atoms with Gasteiger partial charge in [0.15, 0.2) is 0 Å². The summed E-state index contributed by atoms with van der Waals surface area (Å²) in [6, 6.07) is 8.24. The highest BCUT2D eigenvalue weighted by molar-refractivity contribution is 7.09. The monoisotopic (exact) mass is 302 g/mol. The Morgan fingerprint density at radius 2 is 2.24 bits per heavy atom. The van der Waals surface area contributed by atoms with E-state index in [9.17, 15) is 9.59 Å². The lowest BCUT2D eigenvalue weighted by atomic mass is 10.2. The lowest BCUT2D eigenvalue weighted by Gasteiger charge is -2.04. The van der Waals surface area contributed by atoms with Gasteiger partial charge >= 0.3 is 6.16 Å². The van der Waals surface area contributed by atoms with Gasteiger partial charge < -0.3 is 14.8 Å². The number of carbonyl (C=O) groups is 1. The largest absolute Gasteiger partial charge is 0.511 e. The molecule has 0 saturated carbocycles. The summed E-state index contributed by atoms with van der Waals surface area (Å²) in [5.41, 5.74) is 0.150. The number of nitrogens with one attached hydrogen (secondary N) is 1. The number of carboxylic acid groups (broad SMARTS) is 1. The number of H-pyrrole nitrogens is 1. The molecule has 0 saturated heterocycles. The third kappa shape index (κ3) is 2.92. The molecule has 0 aliphatic carbocycles. The lowest BCUT2D eigenvalue weighted by molar-refractivity contribution is 0.144. The van der Waals surface area contributed by atoms with Crippen LogP contribution in [-0.4, -0.2) is 21.2 Å². The highest BCUT2D eigenvalue weighted by Crippen LogP contribution is 2.18. The van der Waals surface area contributed by atoms with E-state index in [1.54, 1.807) is 11.3 Å². The second-order valence-electron chi connectivity index (χ2n) is 4.32. The van der Waals surface area contributed by atoms with E-state index in [0.717, 1.165) is 4.88 Å². The molecule has 2 N–H and O–H groups in total. The molecule has 0 spiro atoms. The molecule has 0 atom stereocenters. The topological polar surface area (TPSA) is 92.3 Å². The van der Waals surface area contributed by atoms with E-state index < -0.39 is 6.16 Å². The first-order valence-corrected chi connectivity index (χ1v) is 6.96. The van der Waals surface area contributed by atoms with E-state index in [0.29, 0.717) is 23.1 Å². The number of thiophene rings is 1. The van der Waals surface area contributed by atoms with Crippen LogP contribution >= 0.6 is 11.3 Å². The molecule has 0 radical (unpaired) electrons. The lowest BCUT2D eigenvalue weighted by Crippen LogP contribution is -2.12. The van der Waals surface area contributed by atoms with Gasteiger partial charge in [-0.05, 0) is 23.6 Å². The molecule has 0 amide bonds. The van der Waals surface area contributed by atoms with Crippen molar-refractivity contribution in [1.82, 2.24) is 9.97 Å². The molecule has 3 rings (SSSR count). The summed E-state index contributed by atoms with van der Waals surface area (Å²) in [5, 5.41) is 11.0. The summed E-state index contributed by atoms with van der Waals surface area (Å²) in [6.07, 6.45) is -0.884. The van der Waals surface area contributed by atoms with Crippen molar-refractivity contribution in [2.24, 2.45) is 0 Å². The van der Waals surface area contributed by atoms with Crippen LogP contribution in [0.3, 0.4) is 0 Å². The summed E-state index contributed by atoms with van der Waals surface area (Å²) in [4.78, 5) is 30.7. The van der Waals surface area contributed by atoms with Gasteiger partial charge in [-0.2, -0.15) is 0 Å². The Hall–Kier alpha value is -2.67. The highest BCUT2D eigenvalue weighted by Gasteiger charge is 2.08. The SMILES string of the molecule is O=C(O)Oc1ccc2c(=O)[nH]c(Cc3cccs3)nc2c1. The van der Waals surface area contributed by atoms with Crippen LogP contribution in [0.5, 0.6) is 5.75 Å². The third-order valence-electron chi connectivity index (χ3n) is 2.85. The van der Waals surface area contributed by atoms with Crippen LogP contribution in [0.2, 0.25) is 0 Å². The number of hydrogen-bond acceptors (Lipinski definition) is 5. The average Bonchev–Trinajstić information content (AvgIpc) is 2.90. The zero-order chi connectivity index (χ0) is 14.8. The van der Waals surface area contributed by atoms with Gasteiger partial charge in [-0.3, -0.25) is 4.79 Å². The molecule has 1 aromatic carbocycles. The molecule has 7 heteroatoms. The van der Waals surface area contributed by atoms with Crippen molar-refractivity contribution in [3.05, 3.63) is 56.8 Å². The molecule has 2 aromatic heterocycles. The van der Waals surface area contributed by atoms with Crippen LogP contribution < -0.4 is 10.3 Å². The standard InChI is InChI=1S/C14H10N2O4S/c17-13-10-4-3-8(20-14(18)19)6-11(10)15-12(16-13)7-9-2-1-5-21-9/h1-6H,7H2,(H,18,19)(H,15,16,17). The van der Waals surface area contributed by atoms with Crippen LogP contribution in [-0.2, 0) is 6.42 Å². The number of ether oxygens (including phenoxy) is 1. The molecule has 106 valence electrons. The van der Waals surface area contributed by atoms with Crippen LogP contribution in [0.1, 0.15) is 10.7 Å². The summed E-state index contributed by atoms with van der Waals surface area (Å²) >= 11 is 1.58. The van der Waals surface area contributed by atoms with Crippen molar-refractivity contribution in [3.8, 4) is 5.75 Å². The summed E-state index contributed by atoms with van der Waals surface area (Å²) < 4.78 is 4.57. The Morgan fingerprint density at radius 1 is 1.38 bits per heavy atom. The van der Waals surface area contributed by atoms with E-state index in [4.69, 9.17) is 5.11 Å². The van der Waals surface area contributed by atoms with E-state index in [2.05, 4.69) is 14.7 Å². The zero-order valence-corrected chi connectivity index (χ0v) is 11.5. The number of benzene rings is 1. The van der Waals surface area contributed by atoms with Crippen LogP contribution in [0.15, 0.2) is 40.5 Å². The first-order chi connectivity index (χ1) is 10.1. The molecule has 0 unspecified atom stereocenters. The van der Waals surface area contributed by atoms with Gasteiger partial charge in [0.25, 0.3) is 5.56 Å². The highest BCUT2D eigenvalue weighted by atomic mass is 32.1. The molecule has 2 heterocycles. The van der Waals surface area contributed by atoms with Gasteiger partial charge in [-0.1, -0.05) is 6.07 Å². The van der Waals surface area contributed by atoms with Gasteiger partial charge in [0, 0.05) is 17.4 Å². The fourth-order valence-corrected chi connectivity index (χ4v) is 2.70. The number of nitrogens with zero attached hydrogens (tertiary/aromatic N) is 1. The maximum absolute atomic E-state index is 12.0. The molecular weight excluding hydrogens is 292 g/mol. The molecular formula is C14H10N2O4S. The van der Waals surface area contributed by atoms with Gasteiger partial charge in [0.2, 0.25) is 0 Å². The second-order valence-corrected chi connectivity index (χ2v) is 5.35. The Kier molecular flexibility index (Phi) is 3.41. The Labute approximate surface area is 122 Å². The molecule has 21 heavy (non-hydrogen) atoms. The number of aromatic amines is 1. The molecule has 6 nitrogen and oxygen atoms in total. The van der Waals surface area contributed by atoms with Crippen molar-refractivity contribution < 1.29 is 14.6 Å². The normalized spacial score (nSPS) is 10.7. The molecule has 0 bridgehead atoms. The van der Waals surface area contributed by atoms with Gasteiger partial charge in [-0.15, -0.1) is 11.3 Å². The Bertz CT molecular complexity index is 855. The third-order valence-corrected chi connectivity index (χ3v) is 3.73. The zero-order valence-electron chi connectivity index (χ0n) is 10.7. The van der Waals surface area contributed by atoms with E-state index in [-0.39, 0.29) is 11.3 Å². The van der Waals surface area contributed by atoms with Gasteiger partial charge in [0.1, 0.15) is 11.6 Å². The predicted molar refractivity (Wildman–Crippen MR) is 78.1 cm³/mol. The van der Waals surface area contributed by atoms with E-state index in [1.165, 1.54) is 18.2 Å². The maximum Gasteiger partial charge on any atom is 0.511 e. The van der Waals surface area contributed by atoms with E-state index >= 15 is 0 Å². The predicted octanol–water partition coefficient (Wildman–Crippen LogP) is 2.63. The quantitative estimate of drug-likeness (QED) is 0.573. The number of aromatic nitrogens is 2. The second kappa shape index (κ2) is 5.37. The van der Waals surface area contributed by atoms with E-state index in [1.807, 2.05) is 17.5 Å². The van der Waals surface area contributed by atoms with Gasteiger partial charge in [0.05, 0.1) is 10.9 Å². The summed E-state index contributed by atoms with van der Waals surface area (Å²) in [7, 11) is 0. The van der Waals surface area contributed by atoms with Crippen LogP contribution in [0.4, 0.5) is 4.79 Å². The van der Waals surface area contributed by atoms with Crippen molar-refractivity contribution in [1.29, 1.82) is 0 Å². The molecule has 3 aromatic rings. The van der Waals surface area contributed by atoms with Crippen molar-refractivity contribution in [2.45, 2.75) is 6.42 Å². The maximum atomic E-state index is 12.0.